The van der Waals surface area contributed by atoms with E-state index in [0.29, 0.717) is 41.7 Å². The number of benzene rings is 1. The lowest BCUT2D eigenvalue weighted by atomic mass is 10.2. The molecule has 1 aromatic carbocycles. The average molecular weight is 381 g/mol. The molecule has 1 aliphatic rings. The van der Waals surface area contributed by atoms with Crippen molar-refractivity contribution in [2.24, 2.45) is 0 Å². The summed E-state index contributed by atoms with van der Waals surface area (Å²) in [4.78, 5) is 12.0. The highest BCUT2D eigenvalue weighted by Crippen LogP contribution is 2.32. The third-order valence-electron chi connectivity index (χ3n) is 4.01. The number of aryl methyl sites for hydroxylation is 2. The molecule has 3 rings (SSSR count). The second kappa shape index (κ2) is 7.36. The summed E-state index contributed by atoms with van der Waals surface area (Å²) in [6, 6.07) is 4.41. The summed E-state index contributed by atoms with van der Waals surface area (Å²) in [7, 11) is -3.64. The topological polar surface area (TPSA) is 105 Å². The van der Waals surface area contributed by atoms with Gasteiger partial charge in [0.05, 0.1) is 28.3 Å². The average Bonchev–Trinajstić information content (AvgIpc) is 2.96. The monoisotopic (exact) mass is 381 g/mol. The fraction of sp³-hybridized carbons (Fsp3) is 0.412. The molecule has 0 aliphatic carbocycles. The summed E-state index contributed by atoms with van der Waals surface area (Å²) in [5.41, 5.74) is 1.33. The van der Waals surface area contributed by atoms with Crippen molar-refractivity contribution in [3.63, 3.8) is 0 Å². The Labute approximate surface area is 150 Å². The maximum atomic E-state index is 12.4. The smallest absolute Gasteiger partial charge is 0.307 e. The quantitative estimate of drug-likeness (QED) is 0.700. The number of fused-ring (bicyclic) bond motifs is 1. The van der Waals surface area contributed by atoms with E-state index in [0.717, 1.165) is 0 Å². The Bertz CT molecular complexity index is 898. The van der Waals surface area contributed by atoms with Gasteiger partial charge in [0.2, 0.25) is 0 Å². The fourth-order valence-corrected chi connectivity index (χ4v) is 3.72. The van der Waals surface area contributed by atoms with Gasteiger partial charge in [0.1, 0.15) is 25.6 Å². The molecule has 1 aromatic heterocycles. The van der Waals surface area contributed by atoms with Gasteiger partial charge in [-0.3, -0.25) is 4.79 Å². The molecule has 0 saturated carbocycles. The van der Waals surface area contributed by atoms with Gasteiger partial charge in [0.25, 0.3) is 0 Å². The van der Waals surface area contributed by atoms with E-state index in [9.17, 15) is 13.2 Å². The Morgan fingerprint density at radius 3 is 2.62 bits per heavy atom. The van der Waals surface area contributed by atoms with Crippen molar-refractivity contribution in [3.05, 3.63) is 35.2 Å². The van der Waals surface area contributed by atoms with Gasteiger partial charge in [-0.15, -0.1) is 0 Å². The van der Waals surface area contributed by atoms with Gasteiger partial charge in [-0.05, 0) is 26.0 Å². The standard InChI is InChI=1S/C17H19NO7S/c1-11-14(12(2)25-18-11)10-24-17(19)5-8-26(20,21)13-3-4-15-16(9-13)23-7-6-22-15/h3-4,9H,5-8,10H2,1-2H3. The molecule has 0 spiro atoms. The Morgan fingerprint density at radius 1 is 1.19 bits per heavy atom. The van der Waals surface area contributed by atoms with Crippen LogP contribution in [0.5, 0.6) is 11.5 Å². The summed E-state index contributed by atoms with van der Waals surface area (Å²) < 4.78 is 45.7. The van der Waals surface area contributed by atoms with Gasteiger partial charge >= 0.3 is 5.97 Å². The van der Waals surface area contributed by atoms with Crippen LogP contribution in [0.15, 0.2) is 27.6 Å². The fourth-order valence-electron chi connectivity index (χ4n) is 2.49. The third-order valence-corrected chi connectivity index (χ3v) is 5.72. The highest BCUT2D eigenvalue weighted by atomic mass is 32.2. The zero-order chi connectivity index (χ0) is 18.7. The van der Waals surface area contributed by atoms with E-state index in [-0.39, 0.29) is 23.7 Å². The first-order valence-corrected chi connectivity index (χ1v) is 9.72. The van der Waals surface area contributed by atoms with E-state index in [1.807, 2.05) is 0 Å². The van der Waals surface area contributed by atoms with Crippen LogP contribution in [0.4, 0.5) is 0 Å². The summed E-state index contributed by atoms with van der Waals surface area (Å²) >= 11 is 0. The van der Waals surface area contributed by atoms with Crippen molar-refractivity contribution in [1.82, 2.24) is 5.16 Å². The first-order valence-electron chi connectivity index (χ1n) is 8.06. The number of carbonyl (C=O) groups excluding carboxylic acids is 1. The molecular weight excluding hydrogens is 362 g/mol. The molecule has 0 bridgehead atoms. The van der Waals surface area contributed by atoms with Crippen molar-refractivity contribution >= 4 is 15.8 Å². The molecule has 140 valence electrons. The van der Waals surface area contributed by atoms with E-state index in [1.54, 1.807) is 19.9 Å². The highest BCUT2D eigenvalue weighted by Gasteiger charge is 2.21. The zero-order valence-corrected chi connectivity index (χ0v) is 15.3. The lowest BCUT2D eigenvalue weighted by molar-refractivity contribution is -0.144. The van der Waals surface area contributed by atoms with Crippen molar-refractivity contribution in [1.29, 1.82) is 0 Å². The van der Waals surface area contributed by atoms with Gasteiger partial charge in [-0.2, -0.15) is 0 Å². The number of sulfone groups is 1. The minimum absolute atomic E-state index is 0.00404. The number of hydrogen-bond donors (Lipinski definition) is 0. The molecule has 0 unspecified atom stereocenters. The first-order chi connectivity index (χ1) is 12.4. The predicted molar refractivity (Wildman–Crippen MR) is 89.9 cm³/mol. The van der Waals surface area contributed by atoms with Crippen LogP contribution in [0.2, 0.25) is 0 Å². The van der Waals surface area contributed by atoms with Gasteiger partial charge < -0.3 is 18.7 Å². The Hall–Kier alpha value is -2.55. The minimum atomic E-state index is -3.64. The van der Waals surface area contributed by atoms with E-state index < -0.39 is 15.8 Å². The maximum Gasteiger partial charge on any atom is 0.307 e. The molecule has 8 nitrogen and oxygen atoms in total. The number of ether oxygens (including phenoxy) is 3. The van der Waals surface area contributed by atoms with Crippen LogP contribution in [-0.2, 0) is 26.0 Å². The summed E-state index contributed by atoms with van der Waals surface area (Å²) in [5.74, 6) is 0.505. The van der Waals surface area contributed by atoms with Crippen molar-refractivity contribution in [2.75, 3.05) is 19.0 Å². The van der Waals surface area contributed by atoms with E-state index in [2.05, 4.69) is 5.16 Å². The Morgan fingerprint density at radius 2 is 1.92 bits per heavy atom. The summed E-state index contributed by atoms with van der Waals surface area (Å²) in [5, 5.41) is 3.77. The van der Waals surface area contributed by atoms with Crippen LogP contribution < -0.4 is 9.47 Å². The molecule has 0 radical (unpaired) electrons. The maximum absolute atomic E-state index is 12.4. The molecule has 2 aromatic rings. The van der Waals surface area contributed by atoms with Crippen LogP contribution in [0.1, 0.15) is 23.4 Å². The van der Waals surface area contributed by atoms with Crippen molar-refractivity contribution < 1.29 is 31.9 Å². The first kappa shape index (κ1) is 18.2. The van der Waals surface area contributed by atoms with Crippen LogP contribution in [-0.4, -0.2) is 38.5 Å². The third kappa shape index (κ3) is 3.98. The van der Waals surface area contributed by atoms with Crippen molar-refractivity contribution in [2.45, 2.75) is 31.8 Å². The van der Waals surface area contributed by atoms with Crippen LogP contribution in [0.3, 0.4) is 0 Å². The van der Waals surface area contributed by atoms with Crippen LogP contribution >= 0.6 is 0 Å². The lowest BCUT2D eigenvalue weighted by Crippen LogP contribution is -2.17. The van der Waals surface area contributed by atoms with Gasteiger partial charge in [-0.25, -0.2) is 8.42 Å². The second-order valence-electron chi connectivity index (χ2n) is 5.84. The van der Waals surface area contributed by atoms with Crippen molar-refractivity contribution in [3.8, 4) is 11.5 Å². The number of hydrogen-bond acceptors (Lipinski definition) is 8. The SMILES string of the molecule is Cc1noc(C)c1COC(=O)CCS(=O)(=O)c1ccc2c(c1)OCCO2. The largest absolute Gasteiger partial charge is 0.486 e. The van der Waals surface area contributed by atoms with E-state index >= 15 is 0 Å². The normalized spacial score (nSPS) is 13.5. The second-order valence-corrected chi connectivity index (χ2v) is 7.95. The number of aromatic nitrogens is 1. The summed E-state index contributed by atoms with van der Waals surface area (Å²) in [6.45, 7) is 4.26. The number of nitrogens with zero attached hydrogens (tertiary/aromatic N) is 1. The molecule has 0 N–H and O–H groups in total. The Kier molecular flexibility index (Phi) is 5.17. The number of carbonyl (C=O) groups is 1. The Balaban J connectivity index is 1.58. The van der Waals surface area contributed by atoms with Crippen LogP contribution in [0.25, 0.3) is 0 Å². The highest BCUT2D eigenvalue weighted by molar-refractivity contribution is 7.91. The molecule has 0 saturated heterocycles. The summed E-state index contributed by atoms with van der Waals surface area (Å²) in [6.07, 6.45) is -0.250. The molecule has 0 fully saturated rings. The minimum Gasteiger partial charge on any atom is -0.486 e. The zero-order valence-electron chi connectivity index (χ0n) is 14.5. The molecule has 0 atom stereocenters. The molecule has 0 amide bonds. The number of rotatable bonds is 6. The molecular formula is C17H19NO7S. The molecule has 9 heteroatoms. The molecule has 2 heterocycles. The molecule has 1 aliphatic heterocycles. The van der Waals surface area contributed by atoms with Gasteiger partial charge in [-0.1, -0.05) is 5.16 Å². The van der Waals surface area contributed by atoms with Crippen LogP contribution in [0, 0.1) is 13.8 Å². The van der Waals surface area contributed by atoms with Gasteiger partial charge in [0.15, 0.2) is 21.3 Å². The van der Waals surface area contributed by atoms with E-state index in [4.69, 9.17) is 18.7 Å². The predicted octanol–water partition coefficient (Wildman–Crippen LogP) is 1.97. The lowest BCUT2D eigenvalue weighted by Gasteiger charge is -2.18. The molecule has 26 heavy (non-hydrogen) atoms. The van der Waals surface area contributed by atoms with Gasteiger partial charge in [0, 0.05) is 6.07 Å². The van der Waals surface area contributed by atoms with E-state index in [1.165, 1.54) is 12.1 Å². The number of esters is 1.